The van der Waals surface area contributed by atoms with Crippen molar-refractivity contribution in [2.75, 3.05) is 27.9 Å². The molecule has 4 aliphatic rings. The van der Waals surface area contributed by atoms with E-state index < -0.39 is 5.79 Å². The first-order chi connectivity index (χ1) is 13.3. The highest BCUT2D eigenvalue weighted by atomic mass is 16.7. The second kappa shape index (κ2) is 7.39. The van der Waals surface area contributed by atoms with Crippen LogP contribution >= 0.6 is 0 Å². The molecular formula is C25H42O3. The summed E-state index contributed by atoms with van der Waals surface area (Å²) in [5, 5.41) is 0. The second-order valence-electron chi connectivity index (χ2n) is 10.9. The normalized spacial score (nSPS) is 45.6. The summed E-state index contributed by atoms with van der Waals surface area (Å²) in [4.78, 5) is 0. The summed E-state index contributed by atoms with van der Waals surface area (Å²) >= 11 is 0. The van der Waals surface area contributed by atoms with Crippen molar-refractivity contribution >= 4 is 0 Å². The van der Waals surface area contributed by atoms with Crippen molar-refractivity contribution in [3.63, 3.8) is 0 Å². The zero-order valence-corrected chi connectivity index (χ0v) is 19.1. The first kappa shape index (κ1) is 20.9. The lowest BCUT2D eigenvalue weighted by molar-refractivity contribution is -0.227. The smallest absolute Gasteiger partial charge is 0.171 e. The van der Waals surface area contributed by atoms with Crippen LogP contribution in [-0.2, 0) is 14.2 Å². The zero-order chi connectivity index (χ0) is 20.2. The van der Waals surface area contributed by atoms with Crippen molar-refractivity contribution < 1.29 is 14.2 Å². The third-order valence-electron chi connectivity index (χ3n) is 10.0. The molecule has 4 rings (SSSR count). The van der Waals surface area contributed by atoms with Crippen molar-refractivity contribution in [1.29, 1.82) is 0 Å². The zero-order valence-electron chi connectivity index (χ0n) is 19.1. The predicted molar refractivity (Wildman–Crippen MR) is 113 cm³/mol. The van der Waals surface area contributed by atoms with Gasteiger partial charge in [-0.3, -0.25) is 0 Å². The largest absolute Gasteiger partial charge is 0.384 e. The summed E-state index contributed by atoms with van der Waals surface area (Å²) in [6.07, 6.45) is 12.7. The quantitative estimate of drug-likeness (QED) is 0.436. The summed E-state index contributed by atoms with van der Waals surface area (Å²) in [6.45, 7) is 8.53. The number of hydrogen-bond acceptors (Lipinski definition) is 3. The van der Waals surface area contributed by atoms with Crippen LogP contribution in [0.2, 0.25) is 0 Å². The molecule has 0 heterocycles. The second-order valence-corrected chi connectivity index (χ2v) is 10.9. The molecule has 0 radical (unpaired) electrons. The molecule has 3 saturated carbocycles. The molecule has 0 aromatic heterocycles. The van der Waals surface area contributed by atoms with E-state index >= 15 is 0 Å². The van der Waals surface area contributed by atoms with Gasteiger partial charge in [0.15, 0.2) is 5.79 Å². The SMILES string of the molecule is COCC(C)[C@H]1CCC2C3CC=C4CC(OC)(OC)CC[C@]4(C)C3CC[C@@]21C. The van der Waals surface area contributed by atoms with Crippen LogP contribution < -0.4 is 0 Å². The van der Waals surface area contributed by atoms with Crippen LogP contribution in [0.5, 0.6) is 0 Å². The standard InChI is InChI=1S/C25H42O3/c1-17(16-26-4)20-9-10-21-19-8-7-18-15-25(27-5,28-6)14-13-23(18,2)22(19)11-12-24(20,21)3/h7,17,19-22H,8-16H2,1-6H3/t17?,19?,20-,21?,22?,23+,24-/m1/s1. The third kappa shape index (κ3) is 2.94. The minimum Gasteiger partial charge on any atom is -0.384 e. The van der Waals surface area contributed by atoms with Crippen molar-refractivity contribution in [2.24, 2.45) is 40.4 Å². The molecule has 3 nitrogen and oxygen atoms in total. The van der Waals surface area contributed by atoms with Crippen LogP contribution in [0.25, 0.3) is 0 Å². The van der Waals surface area contributed by atoms with Crippen LogP contribution in [0.1, 0.15) is 72.1 Å². The molecule has 4 aliphatic carbocycles. The molecule has 4 unspecified atom stereocenters. The molecular weight excluding hydrogens is 348 g/mol. The van der Waals surface area contributed by atoms with Gasteiger partial charge < -0.3 is 14.2 Å². The van der Waals surface area contributed by atoms with E-state index in [4.69, 9.17) is 14.2 Å². The molecule has 0 amide bonds. The third-order valence-corrected chi connectivity index (χ3v) is 10.0. The molecule has 0 bridgehead atoms. The Hall–Kier alpha value is -0.380. The maximum absolute atomic E-state index is 5.83. The van der Waals surface area contributed by atoms with E-state index in [-0.39, 0.29) is 0 Å². The Morgan fingerprint density at radius 2 is 1.75 bits per heavy atom. The van der Waals surface area contributed by atoms with Gasteiger partial charge in [0.25, 0.3) is 0 Å². The topological polar surface area (TPSA) is 27.7 Å². The maximum Gasteiger partial charge on any atom is 0.171 e. The van der Waals surface area contributed by atoms with Gasteiger partial charge >= 0.3 is 0 Å². The van der Waals surface area contributed by atoms with Crippen molar-refractivity contribution in [3.8, 4) is 0 Å². The summed E-state index contributed by atoms with van der Waals surface area (Å²) in [5.41, 5.74) is 2.48. The highest BCUT2D eigenvalue weighted by Gasteiger charge is 2.60. The van der Waals surface area contributed by atoms with Gasteiger partial charge in [-0.05, 0) is 78.9 Å². The number of rotatable bonds is 5. The van der Waals surface area contributed by atoms with Gasteiger partial charge in [-0.1, -0.05) is 32.4 Å². The maximum atomic E-state index is 5.83. The van der Waals surface area contributed by atoms with Gasteiger partial charge in [-0.2, -0.15) is 0 Å². The van der Waals surface area contributed by atoms with Gasteiger partial charge in [0.05, 0.1) is 0 Å². The summed E-state index contributed by atoms with van der Waals surface area (Å²) in [7, 11) is 5.48. The van der Waals surface area contributed by atoms with Gasteiger partial charge in [0.2, 0.25) is 0 Å². The van der Waals surface area contributed by atoms with E-state index in [1.807, 2.05) is 21.3 Å². The Labute approximate surface area is 172 Å². The Morgan fingerprint density at radius 3 is 2.43 bits per heavy atom. The van der Waals surface area contributed by atoms with Gasteiger partial charge in [0, 0.05) is 40.8 Å². The Kier molecular flexibility index (Phi) is 5.51. The number of ether oxygens (including phenoxy) is 3. The Bertz CT molecular complexity index is 609. The number of methoxy groups -OCH3 is 3. The molecule has 160 valence electrons. The van der Waals surface area contributed by atoms with Gasteiger partial charge in [-0.25, -0.2) is 0 Å². The fourth-order valence-corrected chi connectivity index (χ4v) is 8.39. The summed E-state index contributed by atoms with van der Waals surface area (Å²) < 4.78 is 17.2. The molecule has 7 atom stereocenters. The molecule has 0 aromatic carbocycles. The number of hydrogen-bond donors (Lipinski definition) is 0. The van der Waals surface area contributed by atoms with Crippen LogP contribution in [0.15, 0.2) is 11.6 Å². The average molecular weight is 391 g/mol. The molecule has 0 aromatic rings. The predicted octanol–water partition coefficient (Wildman–Crippen LogP) is 5.84. The highest BCUT2D eigenvalue weighted by molar-refractivity contribution is 5.26. The molecule has 3 fully saturated rings. The first-order valence-electron chi connectivity index (χ1n) is 11.6. The van der Waals surface area contributed by atoms with E-state index in [9.17, 15) is 0 Å². The van der Waals surface area contributed by atoms with Crippen LogP contribution in [0, 0.1) is 40.4 Å². The fraction of sp³-hybridized carbons (Fsp3) is 0.920. The van der Waals surface area contributed by atoms with Gasteiger partial charge in [0.1, 0.15) is 0 Å². The molecule has 0 aliphatic heterocycles. The fourth-order valence-electron chi connectivity index (χ4n) is 8.39. The summed E-state index contributed by atoms with van der Waals surface area (Å²) in [5.74, 6) is 3.72. The van der Waals surface area contributed by atoms with E-state index in [1.165, 1.54) is 38.5 Å². The van der Waals surface area contributed by atoms with Crippen LogP contribution in [0.3, 0.4) is 0 Å². The van der Waals surface area contributed by atoms with E-state index in [1.54, 1.807) is 5.57 Å². The minimum atomic E-state index is -0.393. The summed E-state index contributed by atoms with van der Waals surface area (Å²) in [6, 6.07) is 0. The van der Waals surface area contributed by atoms with Crippen molar-refractivity contribution in [3.05, 3.63) is 11.6 Å². The Morgan fingerprint density at radius 1 is 1.00 bits per heavy atom. The molecule has 0 spiro atoms. The monoisotopic (exact) mass is 390 g/mol. The van der Waals surface area contributed by atoms with E-state index in [2.05, 4.69) is 26.8 Å². The van der Waals surface area contributed by atoms with Gasteiger partial charge in [-0.15, -0.1) is 0 Å². The lowest BCUT2D eigenvalue weighted by atomic mass is 9.47. The number of allylic oxidation sites excluding steroid dienone is 1. The minimum absolute atomic E-state index is 0.348. The Balaban J connectivity index is 1.59. The van der Waals surface area contributed by atoms with E-state index in [0.29, 0.717) is 16.7 Å². The van der Waals surface area contributed by atoms with Crippen LogP contribution in [0.4, 0.5) is 0 Å². The van der Waals surface area contributed by atoms with Crippen LogP contribution in [-0.4, -0.2) is 33.7 Å². The van der Waals surface area contributed by atoms with Crippen molar-refractivity contribution in [1.82, 2.24) is 0 Å². The lowest BCUT2D eigenvalue weighted by Gasteiger charge is -2.59. The van der Waals surface area contributed by atoms with E-state index in [0.717, 1.165) is 43.1 Å². The number of fused-ring (bicyclic) bond motifs is 5. The first-order valence-corrected chi connectivity index (χ1v) is 11.6. The van der Waals surface area contributed by atoms with Crippen molar-refractivity contribution in [2.45, 2.75) is 77.9 Å². The molecule has 0 saturated heterocycles. The lowest BCUT2D eigenvalue weighted by Crippen LogP contribution is -2.53. The molecule has 0 N–H and O–H groups in total. The molecule has 28 heavy (non-hydrogen) atoms. The highest BCUT2D eigenvalue weighted by Crippen LogP contribution is 2.67. The average Bonchev–Trinajstić information content (AvgIpc) is 3.05. The molecule has 3 heteroatoms.